The van der Waals surface area contributed by atoms with E-state index in [1.54, 1.807) is 0 Å². The summed E-state index contributed by atoms with van der Waals surface area (Å²) in [6.45, 7) is 12.1. The number of likely N-dealkylation sites (tertiary alicyclic amines) is 1. The lowest BCUT2D eigenvalue weighted by molar-refractivity contribution is 0.0924. The number of nitrogens with one attached hydrogen (secondary N) is 1. The first-order valence-electron chi connectivity index (χ1n) is 9.11. The third-order valence-corrected chi connectivity index (χ3v) is 5.75. The fourth-order valence-electron chi connectivity index (χ4n) is 4.41. The average Bonchev–Trinajstić information content (AvgIpc) is 2.85. The lowest BCUT2D eigenvalue weighted by Gasteiger charge is -2.42. The van der Waals surface area contributed by atoms with Crippen molar-refractivity contribution in [3.8, 4) is 0 Å². The molecule has 1 aliphatic heterocycles. The Kier molecular flexibility index (Phi) is 6.51. The van der Waals surface area contributed by atoms with Gasteiger partial charge < -0.3 is 15.1 Å². The third kappa shape index (κ3) is 5.22. The largest absolute Gasteiger partial charge is 0.316 e. The summed E-state index contributed by atoms with van der Waals surface area (Å²) in [6, 6.07) is 0. The van der Waals surface area contributed by atoms with Gasteiger partial charge in [0, 0.05) is 26.2 Å². The molecule has 1 saturated carbocycles. The molecule has 0 bridgehead atoms. The van der Waals surface area contributed by atoms with E-state index in [0.29, 0.717) is 5.41 Å². The standard InChI is InChI=1S/C18H37N3/c1-5-19-14-18(9-6-16(2)7-10-18)15-21(4)13-17-8-11-20(3)12-17/h16-17,19H,5-15H2,1-4H3. The monoisotopic (exact) mass is 295 g/mol. The van der Waals surface area contributed by atoms with Crippen LogP contribution in [-0.4, -0.2) is 63.2 Å². The molecule has 0 spiro atoms. The molecule has 124 valence electrons. The highest BCUT2D eigenvalue weighted by Crippen LogP contribution is 2.39. The topological polar surface area (TPSA) is 18.5 Å². The minimum Gasteiger partial charge on any atom is -0.316 e. The van der Waals surface area contributed by atoms with E-state index < -0.39 is 0 Å². The van der Waals surface area contributed by atoms with E-state index in [4.69, 9.17) is 0 Å². The van der Waals surface area contributed by atoms with E-state index in [2.05, 4.69) is 43.1 Å². The van der Waals surface area contributed by atoms with Crippen LogP contribution in [-0.2, 0) is 0 Å². The first-order chi connectivity index (χ1) is 10.0. The molecule has 1 aliphatic carbocycles. The smallest absolute Gasteiger partial charge is 0.00472 e. The quantitative estimate of drug-likeness (QED) is 0.779. The van der Waals surface area contributed by atoms with Gasteiger partial charge in [-0.3, -0.25) is 0 Å². The molecule has 2 aliphatic rings. The number of hydrogen-bond acceptors (Lipinski definition) is 3. The van der Waals surface area contributed by atoms with E-state index in [-0.39, 0.29) is 0 Å². The van der Waals surface area contributed by atoms with Crippen molar-refractivity contribution in [3.05, 3.63) is 0 Å². The summed E-state index contributed by atoms with van der Waals surface area (Å²) in [5, 5.41) is 3.64. The normalized spacial score (nSPS) is 34.7. The average molecular weight is 296 g/mol. The van der Waals surface area contributed by atoms with E-state index in [1.807, 2.05) is 0 Å². The molecule has 1 N–H and O–H groups in total. The summed E-state index contributed by atoms with van der Waals surface area (Å²) in [5.41, 5.74) is 0.530. The van der Waals surface area contributed by atoms with Gasteiger partial charge in [0.25, 0.3) is 0 Å². The predicted octanol–water partition coefficient (Wildman–Crippen LogP) is 2.68. The maximum Gasteiger partial charge on any atom is 0.00472 e. The summed E-state index contributed by atoms with van der Waals surface area (Å²) in [7, 11) is 4.61. The van der Waals surface area contributed by atoms with Crippen molar-refractivity contribution in [2.45, 2.75) is 46.0 Å². The maximum atomic E-state index is 3.64. The third-order valence-electron chi connectivity index (χ3n) is 5.75. The SMILES string of the molecule is CCNCC1(CN(C)CC2CCN(C)C2)CCC(C)CC1. The minimum absolute atomic E-state index is 0.530. The Bertz CT molecular complexity index is 291. The predicted molar refractivity (Wildman–Crippen MR) is 91.7 cm³/mol. The van der Waals surface area contributed by atoms with E-state index >= 15 is 0 Å². The summed E-state index contributed by atoms with van der Waals surface area (Å²) < 4.78 is 0. The van der Waals surface area contributed by atoms with Gasteiger partial charge in [0.1, 0.15) is 0 Å². The van der Waals surface area contributed by atoms with Crippen LogP contribution in [0.2, 0.25) is 0 Å². The lowest BCUT2D eigenvalue weighted by atomic mass is 9.70. The van der Waals surface area contributed by atoms with Crippen molar-refractivity contribution in [1.82, 2.24) is 15.1 Å². The number of hydrogen-bond donors (Lipinski definition) is 1. The zero-order valence-electron chi connectivity index (χ0n) is 14.8. The minimum atomic E-state index is 0.530. The van der Waals surface area contributed by atoms with Gasteiger partial charge in [0.05, 0.1) is 0 Å². The maximum absolute atomic E-state index is 3.64. The Morgan fingerprint density at radius 3 is 2.52 bits per heavy atom. The highest BCUT2D eigenvalue weighted by Gasteiger charge is 2.35. The van der Waals surface area contributed by atoms with Crippen molar-refractivity contribution >= 4 is 0 Å². The van der Waals surface area contributed by atoms with Crippen LogP contribution in [0.5, 0.6) is 0 Å². The fourth-order valence-corrected chi connectivity index (χ4v) is 4.41. The van der Waals surface area contributed by atoms with Crippen LogP contribution >= 0.6 is 0 Å². The second-order valence-corrected chi connectivity index (χ2v) is 8.08. The molecule has 3 heteroatoms. The molecule has 1 heterocycles. The Labute approximate surface area is 132 Å². The second kappa shape index (κ2) is 7.94. The van der Waals surface area contributed by atoms with Gasteiger partial charge >= 0.3 is 0 Å². The fraction of sp³-hybridized carbons (Fsp3) is 1.00. The molecule has 1 unspecified atom stereocenters. The zero-order valence-corrected chi connectivity index (χ0v) is 14.8. The molecule has 0 aromatic rings. The molecule has 0 aromatic heterocycles. The van der Waals surface area contributed by atoms with Gasteiger partial charge in [-0.1, -0.05) is 26.7 Å². The second-order valence-electron chi connectivity index (χ2n) is 8.08. The van der Waals surface area contributed by atoms with Crippen LogP contribution < -0.4 is 5.32 Å². The van der Waals surface area contributed by atoms with Crippen molar-refractivity contribution in [3.63, 3.8) is 0 Å². The lowest BCUT2D eigenvalue weighted by Crippen LogP contribution is -2.46. The van der Waals surface area contributed by atoms with Gasteiger partial charge in [-0.05, 0) is 63.7 Å². The molecule has 0 radical (unpaired) electrons. The number of rotatable bonds is 7. The molecule has 21 heavy (non-hydrogen) atoms. The van der Waals surface area contributed by atoms with E-state index in [9.17, 15) is 0 Å². The van der Waals surface area contributed by atoms with Gasteiger partial charge in [-0.25, -0.2) is 0 Å². The Balaban J connectivity index is 1.85. The molecule has 0 amide bonds. The Morgan fingerprint density at radius 1 is 1.24 bits per heavy atom. The summed E-state index contributed by atoms with van der Waals surface area (Å²) in [6.07, 6.45) is 7.06. The highest BCUT2D eigenvalue weighted by atomic mass is 15.2. The molecule has 1 saturated heterocycles. The zero-order chi connectivity index (χ0) is 15.3. The molecular weight excluding hydrogens is 258 g/mol. The van der Waals surface area contributed by atoms with E-state index in [0.717, 1.165) is 18.4 Å². The Hall–Kier alpha value is -0.120. The van der Waals surface area contributed by atoms with Crippen LogP contribution in [0.3, 0.4) is 0 Å². The summed E-state index contributed by atoms with van der Waals surface area (Å²) >= 11 is 0. The first kappa shape index (κ1) is 17.2. The van der Waals surface area contributed by atoms with E-state index in [1.165, 1.54) is 64.8 Å². The molecular formula is C18H37N3. The number of nitrogens with zero attached hydrogens (tertiary/aromatic N) is 2. The molecule has 3 nitrogen and oxygen atoms in total. The van der Waals surface area contributed by atoms with Crippen LogP contribution in [0, 0.1) is 17.3 Å². The molecule has 2 rings (SSSR count). The Morgan fingerprint density at radius 2 is 1.95 bits per heavy atom. The summed E-state index contributed by atoms with van der Waals surface area (Å²) in [5.74, 6) is 1.83. The molecule has 0 aromatic carbocycles. The van der Waals surface area contributed by atoms with Crippen LogP contribution in [0.15, 0.2) is 0 Å². The van der Waals surface area contributed by atoms with Crippen molar-refractivity contribution in [1.29, 1.82) is 0 Å². The van der Waals surface area contributed by atoms with Crippen molar-refractivity contribution in [2.75, 3.05) is 53.4 Å². The van der Waals surface area contributed by atoms with Crippen molar-refractivity contribution in [2.24, 2.45) is 17.3 Å². The van der Waals surface area contributed by atoms with Crippen molar-refractivity contribution < 1.29 is 0 Å². The van der Waals surface area contributed by atoms with Crippen LogP contribution in [0.25, 0.3) is 0 Å². The van der Waals surface area contributed by atoms with Gasteiger partial charge in [0.15, 0.2) is 0 Å². The van der Waals surface area contributed by atoms with Gasteiger partial charge in [-0.15, -0.1) is 0 Å². The molecule has 1 atom stereocenters. The molecule has 2 fully saturated rings. The van der Waals surface area contributed by atoms with Gasteiger partial charge in [0.2, 0.25) is 0 Å². The highest BCUT2D eigenvalue weighted by molar-refractivity contribution is 4.89. The summed E-state index contributed by atoms with van der Waals surface area (Å²) in [4.78, 5) is 5.12. The van der Waals surface area contributed by atoms with Gasteiger partial charge in [-0.2, -0.15) is 0 Å². The van der Waals surface area contributed by atoms with Crippen LogP contribution in [0.4, 0.5) is 0 Å². The van der Waals surface area contributed by atoms with Crippen LogP contribution in [0.1, 0.15) is 46.0 Å². The first-order valence-corrected chi connectivity index (χ1v) is 9.11.